The Morgan fingerprint density at radius 2 is 1.66 bits per heavy atom. The van der Waals surface area contributed by atoms with Crippen LogP contribution in [0.3, 0.4) is 0 Å². The SMILES string of the molecule is CCN(C(=O)CCCOC(C)=O)[C@H]1CN(CCCOC)S(=O)(=O)c2sc(S(=O)(=O)NC(=O)CCCOC(C)=O)cc21. The van der Waals surface area contributed by atoms with Crippen LogP contribution in [0.4, 0.5) is 0 Å². The Hall–Kier alpha value is -2.60. The van der Waals surface area contributed by atoms with Gasteiger partial charge in [0.15, 0.2) is 0 Å². The summed E-state index contributed by atoms with van der Waals surface area (Å²) in [5, 5.41) is 0. The van der Waals surface area contributed by atoms with E-state index < -0.39 is 43.9 Å². The van der Waals surface area contributed by atoms with Gasteiger partial charge in [0.1, 0.15) is 8.42 Å². The summed E-state index contributed by atoms with van der Waals surface area (Å²) in [6.45, 7) is 4.68. The maximum Gasteiger partial charge on any atom is 0.302 e. The molecule has 0 saturated carbocycles. The Kier molecular flexibility index (Phi) is 13.1. The van der Waals surface area contributed by atoms with Crippen LogP contribution in [0.15, 0.2) is 14.5 Å². The molecule has 0 bridgehead atoms. The lowest BCUT2D eigenvalue weighted by Crippen LogP contribution is -2.47. The zero-order valence-corrected chi connectivity index (χ0v) is 26.0. The van der Waals surface area contributed by atoms with Crippen molar-refractivity contribution in [3.63, 3.8) is 0 Å². The highest BCUT2D eigenvalue weighted by molar-refractivity contribution is 7.94. The van der Waals surface area contributed by atoms with Gasteiger partial charge in [-0.05, 0) is 32.3 Å². The largest absolute Gasteiger partial charge is 0.466 e. The first kappa shape index (κ1) is 34.6. The first-order chi connectivity index (χ1) is 19.2. The van der Waals surface area contributed by atoms with Gasteiger partial charge >= 0.3 is 11.9 Å². The van der Waals surface area contributed by atoms with Crippen molar-refractivity contribution in [3.05, 3.63) is 11.6 Å². The van der Waals surface area contributed by atoms with Crippen LogP contribution in [-0.4, -0.2) is 96.4 Å². The van der Waals surface area contributed by atoms with E-state index in [1.165, 1.54) is 36.2 Å². The molecular formula is C24H37N3O11S3. The molecule has 2 amide bonds. The molecule has 2 heterocycles. The summed E-state index contributed by atoms with van der Waals surface area (Å²) in [4.78, 5) is 48.8. The van der Waals surface area contributed by atoms with Gasteiger partial charge in [0.2, 0.25) is 11.8 Å². The molecule has 0 aliphatic carbocycles. The second-order valence-electron chi connectivity index (χ2n) is 9.13. The number of nitrogens with one attached hydrogen (secondary N) is 1. The van der Waals surface area contributed by atoms with Gasteiger partial charge in [-0.25, -0.2) is 21.6 Å². The number of fused-ring (bicyclic) bond motifs is 1. The molecule has 0 fully saturated rings. The molecule has 0 radical (unpaired) electrons. The fraction of sp³-hybridized carbons (Fsp3) is 0.667. The van der Waals surface area contributed by atoms with E-state index in [9.17, 15) is 36.0 Å². The van der Waals surface area contributed by atoms with Crippen LogP contribution in [0, 0.1) is 0 Å². The smallest absolute Gasteiger partial charge is 0.302 e. The molecule has 1 aromatic rings. The number of thiophene rings is 1. The first-order valence-electron chi connectivity index (χ1n) is 13.0. The third-order valence-corrected chi connectivity index (χ3v) is 11.4. The van der Waals surface area contributed by atoms with E-state index in [0.717, 1.165) is 0 Å². The fourth-order valence-corrected chi connectivity index (χ4v) is 9.03. The average Bonchev–Trinajstić information content (AvgIpc) is 3.35. The first-order valence-corrected chi connectivity index (χ1v) is 16.7. The van der Waals surface area contributed by atoms with Gasteiger partial charge in [0.25, 0.3) is 20.0 Å². The molecule has 2 rings (SSSR count). The van der Waals surface area contributed by atoms with E-state index >= 15 is 0 Å². The quantitative estimate of drug-likeness (QED) is 0.202. The second-order valence-corrected chi connectivity index (χ2v) is 14.2. The molecule has 1 aromatic heterocycles. The molecule has 232 valence electrons. The summed E-state index contributed by atoms with van der Waals surface area (Å²) < 4.78 is 70.3. The van der Waals surface area contributed by atoms with Gasteiger partial charge in [-0.2, -0.15) is 4.31 Å². The zero-order chi connectivity index (χ0) is 30.8. The van der Waals surface area contributed by atoms with E-state index in [4.69, 9.17) is 14.2 Å². The van der Waals surface area contributed by atoms with E-state index in [2.05, 4.69) is 0 Å². The average molecular weight is 640 g/mol. The van der Waals surface area contributed by atoms with Crippen molar-refractivity contribution in [2.75, 3.05) is 46.6 Å². The number of rotatable bonds is 16. The molecular weight excluding hydrogens is 602 g/mol. The maximum absolute atomic E-state index is 13.5. The summed E-state index contributed by atoms with van der Waals surface area (Å²) in [6.07, 6.45) is 0.524. The number of carbonyl (C=O) groups excluding carboxylic acids is 4. The van der Waals surface area contributed by atoms with Crippen molar-refractivity contribution < 1.29 is 50.2 Å². The summed E-state index contributed by atoms with van der Waals surface area (Å²) in [5.41, 5.74) is 0.149. The van der Waals surface area contributed by atoms with Gasteiger partial charge in [-0.3, -0.25) is 19.2 Å². The van der Waals surface area contributed by atoms with Gasteiger partial charge in [-0.15, -0.1) is 11.3 Å². The number of nitrogens with zero attached hydrogens (tertiary/aromatic N) is 2. The monoisotopic (exact) mass is 639 g/mol. The highest BCUT2D eigenvalue weighted by Gasteiger charge is 2.43. The lowest BCUT2D eigenvalue weighted by Gasteiger charge is -2.38. The van der Waals surface area contributed by atoms with Crippen LogP contribution in [0.5, 0.6) is 0 Å². The zero-order valence-electron chi connectivity index (χ0n) is 23.5. The topological polar surface area (TPSA) is 183 Å². The van der Waals surface area contributed by atoms with Crippen molar-refractivity contribution in [3.8, 4) is 0 Å². The van der Waals surface area contributed by atoms with Gasteiger partial charge in [-0.1, -0.05) is 0 Å². The normalized spacial score (nSPS) is 16.4. The van der Waals surface area contributed by atoms with Crippen LogP contribution in [-0.2, 0) is 53.4 Å². The number of sulfonamides is 2. The molecule has 14 nitrogen and oxygen atoms in total. The van der Waals surface area contributed by atoms with Crippen LogP contribution in [0.2, 0.25) is 0 Å². The summed E-state index contributed by atoms with van der Waals surface area (Å²) in [5.74, 6) is -2.16. The number of likely N-dealkylation sites (N-methyl/N-ethyl adjacent to an activating group) is 1. The standard InChI is InChI=1S/C24H37N3O11S3/c1-5-27(22(31)10-7-14-38-18(3)29)20-16-26(11-8-12-36-4)41(34,35)24-19(20)15-23(39-24)40(32,33)25-21(30)9-6-13-37-17(2)28/h15,20H,5-14,16H2,1-4H3,(H,25,30)/t20-/m0/s1. The molecule has 1 atom stereocenters. The highest BCUT2D eigenvalue weighted by Crippen LogP contribution is 2.42. The summed E-state index contributed by atoms with van der Waals surface area (Å²) in [6, 6.07) is 0.403. The van der Waals surface area contributed by atoms with Crippen LogP contribution < -0.4 is 4.72 Å². The van der Waals surface area contributed by atoms with Crippen molar-refractivity contribution in [2.24, 2.45) is 0 Å². The Bertz CT molecular complexity index is 1310. The lowest BCUT2D eigenvalue weighted by atomic mass is 10.1. The number of methoxy groups -OCH3 is 1. The van der Waals surface area contributed by atoms with Crippen molar-refractivity contribution in [1.29, 1.82) is 0 Å². The molecule has 0 saturated heterocycles. The van der Waals surface area contributed by atoms with Crippen LogP contribution in [0.25, 0.3) is 0 Å². The van der Waals surface area contributed by atoms with Crippen LogP contribution in [0.1, 0.15) is 64.5 Å². The minimum atomic E-state index is -4.44. The molecule has 17 heteroatoms. The predicted molar refractivity (Wildman–Crippen MR) is 147 cm³/mol. The van der Waals surface area contributed by atoms with E-state index in [0.29, 0.717) is 24.4 Å². The number of amides is 2. The Balaban J connectivity index is 2.37. The lowest BCUT2D eigenvalue weighted by molar-refractivity contribution is -0.142. The van der Waals surface area contributed by atoms with E-state index in [1.807, 2.05) is 4.72 Å². The molecule has 1 N–H and O–H groups in total. The third-order valence-electron chi connectivity index (χ3n) is 6.01. The molecule has 0 spiro atoms. The highest BCUT2D eigenvalue weighted by atomic mass is 32.3. The van der Waals surface area contributed by atoms with E-state index in [-0.39, 0.29) is 78.4 Å². The van der Waals surface area contributed by atoms with Gasteiger partial charge in [0, 0.05) is 65.6 Å². The summed E-state index contributed by atoms with van der Waals surface area (Å²) in [7, 11) is -7.07. The number of carbonyl (C=O) groups is 4. The number of esters is 2. The molecule has 1 aliphatic rings. The maximum atomic E-state index is 13.5. The third kappa shape index (κ3) is 9.73. The van der Waals surface area contributed by atoms with Crippen molar-refractivity contribution in [1.82, 2.24) is 13.9 Å². The van der Waals surface area contributed by atoms with Gasteiger partial charge < -0.3 is 19.1 Å². The van der Waals surface area contributed by atoms with Crippen molar-refractivity contribution >= 4 is 55.1 Å². The van der Waals surface area contributed by atoms with E-state index in [1.54, 1.807) is 6.92 Å². The Labute approximate surface area is 244 Å². The minimum Gasteiger partial charge on any atom is -0.466 e. The molecule has 0 unspecified atom stereocenters. The number of hydrogen-bond acceptors (Lipinski definition) is 12. The fourth-order valence-electron chi connectivity index (χ4n) is 4.15. The number of ether oxygens (including phenoxy) is 3. The Morgan fingerprint density at radius 1 is 1.05 bits per heavy atom. The summed E-state index contributed by atoms with van der Waals surface area (Å²) >= 11 is 0.506. The van der Waals surface area contributed by atoms with Crippen LogP contribution >= 0.6 is 11.3 Å². The second kappa shape index (κ2) is 15.6. The number of hydrogen-bond donors (Lipinski definition) is 1. The Morgan fingerprint density at radius 3 is 2.22 bits per heavy atom. The molecule has 1 aliphatic heterocycles. The minimum absolute atomic E-state index is 0.0298. The van der Waals surface area contributed by atoms with Crippen molar-refractivity contribution in [2.45, 2.75) is 67.3 Å². The van der Waals surface area contributed by atoms with Gasteiger partial charge in [0.05, 0.1) is 19.3 Å². The molecule has 0 aromatic carbocycles. The molecule has 41 heavy (non-hydrogen) atoms. The predicted octanol–water partition coefficient (Wildman–Crippen LogP) is 1.17.